The average molecular weight is 698 g/mol. The molecule has 4 aromatic rings. The van der Waals surface area contributed by atoms with Gasteiger partial charge < -0.3 is 14.5 Å². The second-order valence-electron chi connectivity index (χ2n) is 15.2. The first kappa shape index (κ1) is 34.9. The van der Waals surface area contributed by atoms with Crippen LogP contribution in [-0.4, -0.2) is 64.3 Å². The lowest BCUT2D eigenvalue weighted by Crippen LogP contribution is -2.45. The first-order chi connectivity index (χ1) is 23.5. The van der Waals surface area contributed by atoms with Gasteiger partial charge in [0.2, 0.25) is 17.7 Å². The summed E-state index contributed by atoms with van der Waals surface area (Å²) in [6.07, 6.45) is 4.19. The third-order valence-corrected chi connectivity index (χ3v) is 10.2. The zero-order valence-corrected chi connectivity index (χ0v) is 30.3. The molecule has 2 aliphatic heterocycles. The lowest BCUT2D eigenvalue weighted by atomic mass is 9.87. The number of amides is 2. The fourth-order valence-corrected chi connectivity index (χ4v) is 7.57. The molecule has 0 unspecified atom stereocenters. The van der Waals surface area contributed by atoms with Crippen molar-refractivity contribution in [2.75, 3.05) is 22.8 Å². The molecular formula is C37H43N7O5S. The van der Waals surface area contributed by atoms with Gasteiger partial charge in [0.25, 0.3) is 15.9 Å². The molecule has 4 bridgehead atoms. The van der Waals surface area contributed by atoms with E-state index in [4.69, 9.17) is 4.74 Å². The Balaban J connectivity index is 1.43. The van der Waals surface area contributed by atoms with E-state index < -0.39 is 22.0 Å². The molecule has 1 fully saturated rings. The number of hydrogen-bond acceptors (Lipinski definition) is 9. The van der Waals surface area contributed by atoms with Crippen molar-refractivity contribution in [3.05, 3.63) is 83.4 Å². The van der Waals surface area contributed by atoms with Crippen LogP contribution in [0.25, 0.3) is 11.3 Å². The minimum Gasteiger partial charge on any atom is -0.475 e. The molecule has 2 aromatic heterocycles. The average Bonchev–Trinajstić information content (AvgIpc) is 3.32. The summed E-state index contributed by atoms with van der Waals surface area (Å²) in [5.41, 5.74) is 3.65. The lowest BCUT2D eigenvalue weighted by molar-refractivity contribution is -0.117. The molecule has 262 valence electrons. The molecule has 13 heteroatoms. The Bertz CT molecular complexity index is 2040. The van der Waals surface area contributed by atoms with Crippen LogP contribution in [0.1, 0.15) is 74.8 Å². The number of nitrogens with zero attached hydrogens (tertiary/aromatic N) is 6. The van der Waals surface area contributed by atoms with E-state index in [0.29, 0.717) is 36.6 Å². The van der Waals surface area contributed by atoms with Gasteiger partial charge in [0.15, 0.2) is 0 Å². The van der Waals surface area contributed by atoms with E-state index in [-0.39, 0.29) is 52.2 Å². The van der Waals surface area contributed by atoms with E-state index >= 15 is 0 Å². The first-order valence-electron chi connectivity index (χ1n) is 16.6. The van der Waals surface area contributed by atoms with Gasteiger partial charge in [-0.2, -0.15) is 4.98 Å². The van der Waals surface area contributed by atoms with Crippen LogP contribution in [0.2, 0.25) is 0 Å². The van der Waals surface area contributed by atoms with Crippen LogP contribution in [0.5, 0.6) is 5.88 Å². The van der Waals surface area contributed by atoms with Crippen LogP contribution in [0.4, 0.5) is 11.6 Å². The number of aryl methyl sites for hydroxylation is 2. The number of aromatic nitrogens is 4. The lowest BCUT2D eigenvalue weighted by Gasteiger charge is -2.35. The number of carbonyl (C=O) groups excluding carboxylic acids is 2. The third kappa shape index (κ3) is 7.62. The minimum absolute atomic E-state index is 0.0145. The molecule has 4 heterocycles. The molecular weight excluding hydrogens is 655 g/mol. The Morgan fingerprint density at radius 1 is 0.980 bits per heavy atom. The maximum absolute atomic E-state index is 14.4. The number of anilines is 2. The molecule has 2 aliphatic rings. The molecule has 1 saturated heterocycles. The van der Waals surface area contributed by atoms with Crippen molar-refractivity contribution in [1.82, 2.24) is 24.8 Å². The topological polar surface area (TPSA) is 148 Å². The van der Waals surface area contributed by atoms with Crippen LogP contribution in [0.15, 0.2) is 65.8 Å². The molecule has 0 spiro atoms. The van der Waals surface area contributed by atoms with Crippen LogP contribution >= 0.6 is 0 Å². The van der Waals surface area contributed by atoms with Gasteiger partial charge in [0.05, 0.1) is 41.3 Å². The Labute approximate surface area is 293 Å². The summed E-state index contributed by atoms with van der Waals surface area (Å²) in [6, 6.07) is 13.0. The zero-order chi connectivity index (χ0) is 36.0. The van der Waals surface area contributed by atoms with Gasteiger partial charge in [-0.25, -0.2) is 28.1 Å². The van der Waals surface area contributed by atoms with Crippen molar-refractivity contribution in [3.8, 4) is 17.1 Å². The van der Waals surface area contributed by atoms with E-state index in [0.717, 1.165) is 16.7 Å². The second-order valence-corrected chi connectivity index (χ2v) is 16.8. The number of ether oxygens (including phenoxy) is 1. The molecule has 2 amide bonds. The Hall–Kier alpha value is -4.91. The highest BCUT2D eigenvalue weighted by molar-refractivity contribution is 7.92. The van der Waals surface area contributed by atoms with Gasteiger partial charge in [-0.05, 0) is 60.4 Å². The van der Waals surface area contributed by atoms with Gasteiger partial charge in [-0.15, -0.1) is 0 Å². The van der Waals surface area contributed by atoms with E-state index in [1.807, 2.05) is 45.9 Å². The number of fused-ring (bicyclic) bond motifs is 4. The first-order valence-corrected chi connectivity index (χ1v) is 18.1. The Morgan fingerprint density at radius 2 is 1.66 bits per heavy atom. The summed E-state index contributed by atoms with van der Waals surface area (Å²) in [4.78, 5) is 48.5. The van der Waals surface area contributed by atoms with Crippen molar-refractivity contribution in [3.63, 3.8) is 0 Å². The maximum Gasteiger partial charge on any atom is 0.264 e. The van der Waals surface area contributed by atoms with E-state index in [2.05, 4.69) is 45.4 Å². The fourth-order valence-electron chi connectivity index (χ4n) is 6.58. The van der Waals surface area contributed by atoms with Crippen molar-refractivity contribution < 1.29 is 22.7 Å². The molecule has 0 aliphatic carbocycles. The van der Waals surface area contributed by atoms with Crippen molar-refractivity contribution in [2.45, 2.75) is 78.8 Å². The summed E-state index contributed by atoms with van der Waals surface area (Å²) in [6.45, 7) is 14.9. The van der Waals surface area contributed by atoms with Crippen molar-refractivity contribution in [1.29, 1.82) is 0 Å². The third-order valence-electron chi connectivity index (χ3n) is 8.86. The summed E-state index contributed by atoms with van der Waals surface area (Å²) in [5.74, 6) is -0.0124. The van der Waals surface area contributed by atoms with E-state index in [9.17, 15) is 18.0 Å². The highest BCUT2D eigenvalue weighted by Gasteiger charge is 2.37. The molecule has 2 aromatic carbocycles. The van der Waals surface area contributed by atoms with E-state index in [1.54, 1.807) is 34.3 Å². The number of hydrogen-bond donors (Lipinski definition) is 1. The van der Waals surface area contributed by atoms with Crippen molar-refractivity contribution >= 4 is 33.5 Å². The number of rotatable bonds is 5. The second kappa shape index (κ2) is 13.1. The zero-order valence-electron chi connectivity index (χ0n) is 29.5. The Morgan fingerprint density at radius 3 is 2.30 bits per heavy atom. The van der Waals surface area contributed by atoms with Crippen LogP contribution in [-0.2, 0) is 21.4 Å². The summed E-state index contributed by atoms with van der Waals surface area (Å²) >= 11 is 0. The fraction of sp³-hybridized carbons (Fsp3) is 0.405. The van der Waals surface area contributed by atoms with Gasteiger partial charge >= 0.3 is 0 Å². The van der Waals surface area contributed by atoms with E-state index in [1.165, 1.54) is 18.2 Å². The van der Waals surface area contributed by atoms with Crippen molar-refractivity contribution in [2.24, 2.45) is 10.8 Å². The van der Waals surface area contributed by atoms with Gasteiger partial charge in [-0.1, -0.05) is 58.9 Å². The van der Waals surface area contributed by atoms with Crippen LogP contribution in [0.3, 0.4) is 0 Å². The highest BCUT2D eigenvalue weighted by Crippen LogP contribution is 2.34. The number of benzene rings is 2. The number of sulfonamides is 1. The Kier molecular flexibility index (Phi) is 9.14. The summed E-state index contributed by atoms with van der Waals surface area (Å²) < 4.78 is 36.2. The number of nitrogens with one attached hydrogen (secondary N) is 1. The molecule has 0 radical (unpaired) electrons. The van der Waals surface area contributed by atoms with Gasteiger partial charge in [-0.3, -0.25) is 9.59 Å². The predicted molar refractivity (Wildman–Crippen MR) is 190 cm³/mol. The predicted octanol–water partition coefficient (Wildman–Crippen LogP) is 5.95. The van der Waals surface area contributed by atoms with Crippen LogP contribution in [0, 0.1) is 24.7 Å². The molecule has 0 saturated carbocycles. The standard InChI is InChI=1S/C37H43N7O5S/c1-23-10-8-11-24(2)33(23)29-15-31-41-35(40-29)42-50(47,48)28-13-9-12-25(14-28)34(46)43(26(21-49-31)16-36(3,4)5)20-30-38-18-27(19-39-30)44-22-37(6,7)17-32(44)45/h8-15,18-19,26H,16-17,20-22H2,1-7H3,(H,40,41,42)/t26-/m1/s1. The smallest absolute Gasteiger partial charge is 0.264 e. The summed E-state index contributed by atoms with van der Waals surface area (Å²) in [7, 11) is -4.20. The normalized spacial score (nSPS) is 18.8. The maximum atomic E-state index is 14.4. The molecule has 12 nitrogen and oxygen atoms in total. The molecule has 50 heavy (non-hydrogen) atoms. The molecule has 6 rings (SSSR count). The minimum atomic E-state index is -4.20. The van der Waals surface area contributed by atoms with Crippen LogP contribution < -0.4 is 14.4 Å². The summed E-state index contributed by atoms with van der Waals surface area (Å²) in [5, 5.41) is 0. The highest BCUT2D eigenvalue weighted by atomic mass is 32.2. The number of carbonyl (C=O) groups is 2. The molecule has 1 N–H and O–H groups in total. The van der Waals surface area contributed by atoms with Gasteiger partial charge in [0.1, 0.15) is 12.4 Å². The monoisotopic (exact) mass is 697 g/mol. The van der Waals surface area contributed by atoms with Gasteiger partial charge in [0, 0.05) is 30.2 Å². The SMILES string of the molecule is Cc1cccc(C)c1-c1cc2nc(n1)NS(=O)(=O)c1cccc(c1)C(=O)N(Cc1ncc(N3CC(C)(C)CC3=O)cn1)[C@H](CC(C)(C)C)CO2. The quantitative estimate of drug-likeness (QED) is 0.267. The molecule has 1 atom stereocenters. The largest absolute Gasteiger partial charge is 0.475 e.